The lowest BCUT2D eigenvalue weighted by Crippen LogP contribution is -2.09. The fraction of sp³-hybridized carbons (Fsp3) is 0.727. The highest BCUT2D eigenvalue weighted by atomic mass is 35.5. The van der Waals surface area contributed by atoms with Gasteiger partial charge in [0.25, 0.3) is 0 Å². The van der Waals surface area contributed by atoms with Crippen LogP contribution in [-0.2, 0) is 12.4 Å². The molecule has 1 heterocycles. The maximum absolute atomic E-state index is 5.83. The van der Waals surface area contributed by atoms with E-state index in [0.717, 1.165) is 24.1 Å². The van der Waals surface area contributed by atoms with Gasteiger partial charge in [-0.1, -0.05) is 13.3 Å². The number of hydrogen-bond donors (Lipinski definition) is 0. The molecule has 1 aromatic rings. The van der Waals surface area contributed by atoms with Gasteiger partial charge in [-0.05, 0) is 24.7 Å². The second kappa shape index (κ2) is 4.35. The van der Waals surface area contributed by atoms with Gasteiger partial charge in [0.05, 0.1) is 17.9 Å². The second-order valence-corrected chi connectivity index (χ2v) is 4.72. The van der Waals surface area contributed by atoms with Crippen molar-refractivity contribution in [2.75, 3.05) is 0 Å². The van der Waals surface area contributed by atoms with Gasteiger partial charge in [-0.2, -0.15) is 0 Å². The van der Waals surface area contributed by atoms with Gasteiger partial charge in [0.1, 0.15) is 0 Å². The Morgan fingerprint density at radius 2 is 2.43 bits per heavy atom. The highest BCUT2D eigenvalue weighted by Gasteiger charge is 2.21. The fourth-order valence-corrected chi connectivity index (χ4v) is 2.62. The third-order valence-corrected chi connectivity index (χ3v) is 3.47. The Labute approximate surface area is 90.3 Å². The highest BCUT2D eigenvalue weighted by molar-refractivity contribution is 6.16. The molecule has 0 bridgehead atoms. The van der Waals surface area contributed by atoms with Crippen LogP contribution in [0.4, 0.5) is 0 Å². The normalized spacial score (nSPS) is 27.0. The molecular weight excluding hydrogens is 196 g/mol. The largest absolute Gasteiger partial charge is 0.333 e. The Kier molecular flexibility index (Phi) is 3.12. The van der Waals surface area contributed by atoms with Crippen LogP contribution < -0.4 is 0 Å². The molecule has 2 nitrogen and oxygen atoms in total. The average Bonchev–Trinajstić information content (AvgIpc) is 2.76. The fourth-order valence-electron chi connectivity index (χ4n) is 2.39. The summed E-state index contributed by atoms with van der Waals surface area (Å²) in [6.45, 7) is 3.45. The lowest BCUT2D eigenvalue weighted by atomic mass is 10.1. The van der Waals surface area contributed by atoms with Crippen LogP contribution in [0, 0.1) is 11.8 Å². The van der Waals surface area contributed by atoms with Crippen molar-refractivity contribution in [1.29, 1.82) is 0 Å². The third kappa shape index (κ3) is 2.11. The van der Waals surface area contributed by atoms with Crippen molar-refractivity contribution in [3.63, 3.8) is 0 Å². The molecule has 1 fully saturated rings. The lowest BCUT2D eigenvalue weighted by Gasteiger charge is -2.12. The van der Waals surface area contributed by atoms with Gasteiger partial charge < -0.3 is 4.57 Å². The Morgan fingerprint density at radius 1 is 1.57 bits per heavy atom. The average molecular weight is 213 g/mol. The number of hydrogen-bond acceptors (Lipinski definition) is 1. The van der Waals surface area contributed by atoms with Crippen LogP contribution in [0.1, 0.15) is 31.9 Å². The smallest absolute Gasteiger partial charge is 0.0948 e. The summed E-state index contributed by atoms with van der Waals surface area (Å²) in [5, 5.41) is 0. The molecule has 3 heteroatoms. The van der Waals surface area contributed by atoms with Crippen LogP contribution in [0.3, 0.4) is 0 Å². The summed E-state index contributed by atoms with van der Waals surface area (Å²) in [5.41, 5.74) is 1.14. The van der Waals surface area contributed by atoms with E-state index >= 15 is 0 Å². The zero-order chi connectivity index (χ0) is 9.97. The number of nitrogens with zero attached hydrogens (tertiary/aromatic N) is 2. The molecule has 1 aliphatic carbocycles. The van der Waals surface area contributed by atoms with Crippen LogP contribution >= 0.6 is 11.6 Å². The molecule has 0 aromatic carbocycles. The van der Waals surface area contributed by atoms with E-state index in [1.165, 1.54) is 19.3 Å². The molecule has 0 aliphatic heterocycles. The monoisotopic (exact) mass is 212 g/mol. The number of aromatic nitrogens is 2. The summed E-state index contributed by atoms with van der Waals surface area (Å²) in [4.78, 5) is 4.13. The Hall–Kier alpha value is -0.500. The second-order valence-electron chi connectivity index (χ2n) is 4.46. The van der Waals surface area contributed by atoms with Crippen molar-refractivity contribution in [2.45, 2.75) is 38.6 Å². The molecule has 0 saturated heterocycles. The molecular formula is C11H17ClN2. The molecule has 14 heavy (non-hydrogen) atoms. The van der Waals surface area contributed by atoms with E-state index in [4.69, 9.17) is 11.6 Å². The number of halogens is 1. The molecule has 1 aliphatic rings. The summed E-state index contributed by atoms with van der Waals surface area (Å²) < 4.78 is 2.20. The van der Waals surface area contributed by atoms with Gasteiger partial charge in [-0.15, -0.1) is 11.6 Å². The summed E-state index contributed by atoms with van der Waals surface area (Å²) >= 11 is 5.83. The zero-order valence-electron chi connectivity index (χ0n) is 8.62. The van der Waals surface area contributed by atoms with Gasteiger partial charge in [-0.3, -0.25) is 0 Å². The van der Waals surface area contributed by atoms with Crippen LogP contribution in [0.25, 0.3) is 0 Å². The molecule has 2 atom stereocenters. The van der Waals surface area contributed by atoms with Crippen molar-refractivity contribution in [1.82, 2.24) is 9.55 Å². The minimum absolute atomic E-state index is 0.572. The van der Waals surface area contributed by atoms with Crippen molar-refractivity contribution < 1.29 is 0 Å². The van der Waals surface area contributed by atoms with E-state index in [2.05, 4.69) is 16.5 Å². The van der Waals surface area contributed by atoms with E-state index in [0.29, 0.717) is 5.88 Å². The molecule has 0 spiro atoms. The summed E-state index contributed by atoms with van der Waals surface area (Å²) in [5.74, 6) is 2.31. The minimum atomic E-state index is 0.572. The molecule has 1 aromatic heterocycles. The first-order valence-electron chi connectivity index (χ1n) is 5.34. The van der Waals surface area contributed by atoms with Crippen LogP contribution in [0.5, 0.6) is 0 Å². The molecule has 0 amide bonds. The first kappa shape index (κ1) is 10.0. The standard InChI is InChI=1S/C11H17ClN2/c1-9-2-3-10(4-9)7-14-8-13-6-11(14)5-12/h6,8-10H,2-5,7H2,1H3. The number of alkyl halides is 1. The SMILES string of the molecule is CC1CCC(Cn2cncc2CCl)C1. The molecule has 0 N–H and O–H groups in total. The maximum atomic E-state index is 5.83. The van der Waals surface area contributed by atoms with Crippen LogP contribution in [-0.4, -0.2) is 9.55 Å². The summed E-state index contributed by atoms with van der Waals surface area (Å²) in [7, 11) is 0. The quantitative estimate of drug-likeness (QED) is 0.705. The van der Waals surface area contributed by atoms with E-state index in [-0.39, 0.29) is 0 Å². The van der Waals surface area contributed by atoms with Gasteiger partial charge >= 0.3 is 0 Å². The zero-order valence-corrected chi connectivity index (χ0v) is 9.37. The number of rotatable bonds is 3. The summed E-state index contributed by atoms with van der Waals surface area (Å²) in [6, 6.07) is 0. The maximum Gasteiger partial charge on any atom is 0.0948 e. The Bertz CT molecular complexity index is 295. The van der Waals surface area contributed by atoms with E-state index in [9.17, 15) is 0 Å². The van der Waals surface area contributed by atoms with Gasteiger partial charge in [0.2, 0.25) is 0 Å². The molecule has 1 saturated carbocycles. The summed E-state index contributed by atoms with van der Waals surface area (Å²) in [6.07, 6.45) is 7.88. The molecule has 2 rings (SSSR count). The Balaban J connectivity index is 1.97. The lowest BCUT2D eigenvalue weighted by molar-refractivity contribution is 0.436. The highest BCUT2D eigenvalue weighted by Crippen LogP contribution is 2.31. The van der Waals surface area contributed by atoms with Crippen molar-refractivity contribution in [2.24, 2.45) is 11.8 Å². The van der Waals surface area contributed by atoms with Crippen molar-refractivity contribution >= 4 is 11.6 Å². The first-order chi connectivity index (χ1) is 6.79. The molecule has 2 unspecified atom stereocenters. The first-order valence-corrected chi connectivity index (χ1v) is 5.88. The van der Waals surface area contributed by atoms with E-state index < -0.39 is 0 Å². The molecule has 78 valence electrons. The third-order valence-electron chi connectivity index (χ3n) is 3.19. The predicted molar refractivity (Wildman–Crippen MR) is 58.3 cm³/mol. The topological polar surface area (TPSA) is 17.8 Å². The predicted octanol–water partition coefficient (Wildman–Crippen LogP) is 3.06. The van der Waals surface area contributed by atoms with Crippen molar-refractivity contribution in [3.05, 3.63) is 18.2 Å². The van der Waals surface area contributed by atoms with Gasteiger partial charge in [0.15, 0.2) is 0 Å². The van der Waals surface area contributed by atoms with Crippen LogP contribution in [0.2, 0.25) is 0 Å². The van der Waals surface area contributed by atoms with Crippen LogP contribution in [0.15, 0.2) is 12.5 Å². The van der Waals surface area contributed by atoms with Gasteiger partial charge in [0, 0.05) is 12.7 Å². The van der Waals surface area contributed by atoms with Crippen molar-refractivity contribution in [3.8, 4) is 0 Å². The minimum Gasteiger partial charge on any atom is -0.333 e. The number of imidazole rings is 1. The van der Waals surface area contributed by atoms with Gasteiger partial charge in [-0.25, -0.2) is 4.98 Å². The Morgan fingerprint density at radius 3 is 3.07 bits per heavy atom. The van der Waals surface area contributed by atoms with E-state index in [1.54, 1.807) is 0 Å². The molecule has 0 radical (unpaired) electrons. The van der Waals surface area contributed by atoms with E-state index in [1.807, 2.05) is 12.5 Å².